The number of hydrogen-bond acceptors (Lipinski definition) is 4. The number of amides is 1. The predicted molar refractivity (Wildman–Crippen MR) is 87.4 cm³/mol. The smallest absolute Gasteiger partial charge is 0.255 e. The van der Waals surface area contributed by atoms with Gasteiger partial charge in [-0.2, -0.15) is 0 Å². The van der Waals surface area contributed by atoms with Gasteiger partial charge in [0.25, 0.3) is 5.91 Å². The molecule has 1 aromatic carbocycles. The van der Waals surface area contributed by atoms with E-state index in [1.165, 1.54) is 18.4 Å². The van der Waals surface area contributed by atoms with Crippen LogP contribution in [0.1, 0.15) is 22.2 Å². The van der Waals surface area contributed by atoms with Gasteiger partial charge < -0.3 is 14.4 Å². The summed E-state index contributed by atoms with van der Waals surface area (Å²) in [7, 11) is 0. The molecular weight excluding hydrogens is 335 g/mol. The van der Waals surface area contributed by atoms with Crippen molar-refractivity contribution in [2.75, 3.05) is 32.7 Å². The van der Waals surface area contributed by atoms with E-state index in [4.69, 9.17) is 16.0 Å². The molecule has 1 fully saturated rings. The summed E-state index contributed by atoms with van der Waals surface area (Å²) in [6, 6.07) is 7.26. The van der Waals surface area contributed by atoms with Crippen molar-refractivity contribution in [2.45, 2.75) is 6.10 Å². The molecule has 2 heterocycles. The average molecular weight is 353 g/mol. The fourth-order valence-electron chi connectivity index (χ4n) is 2.78. The van der Waals surface area contributed by atoms with Crippen molar-refractivity contribution in [3.63, 3.8) is 0 Å². The number of β-amino-alcohol motifs (C(OH)–C–C–N with tert-alkyl or cyclic N) is 1. The van der Waals surface area contributed by atoms with Gasteiger partial charge in [0.2, 0.25) is 0 Å². The van der Waals surface area contributed by atoms with Gasteiger partial charge in [0.15, 0.2) is 0 Å². The Morgan fingerprint density at radius 3 is 2.67 bits per heavy atom. The molecule has 1 atom stereocenters. The standard InChI is InChI=1S/C17H18ClFN2O3/c18-14-10-12(19)3-4-13(14)17(23)21-7-5-20(6-8-21)11-15(22)16-2-1-9-24-16/h1-4,9-10,15,22H,5-8,11H2/t15-/m1/s1. The van der Waals surface area contributed by atoms with Crippen molar-refractivity contribution < 1.29 is 18.7 Å². The maximum Gasteiger partial charge on any atom is 0.255 e. The normalized spacial score (nSPS) is 17.0. The molecule has 0 radical (unpaired) electrons. The Hall–Kier alpha value is -1.89. The lowest BCUT2D eigenvalue weighted by atomic mass is 10.1. The van der Waals surface area contributed by atoms with Gasteiger partial charge >= 0.3 is 0 Å². The van der Waals surface area contributed by atoms with E-state index in [-0.39, 0.29) is 10.9 Å². The summed E-state index contributed by atoms with van der Waals surface area (Å²) in [5.41, 5.74) is 0.308. The van der Waals surface area contributed by atoms with Crippen LogP contribution in [0.5, 0.6) is 0 Å². The van der Waals surface area contributed by atoms with Crippen LogP contribution in [0.3, 0.4) is 0 Å². The number of piperazine rings is 1. The van der Waals surface area contributed by atoms with E-state index in [1.54, 1.807) is 17.0 Å². The Morgan fingerprint density at radius 1 is 1.29 bits per heavy atom. The molecule has 2 aromatic rings. The Kier molecular flexibility index (Phi) is 5.18. The highest BCUT2D eigenvalue weighted by Gasteiger charge is 2.25. The summed E-state index contributed by atoms with van der Waals surface area (Å²) in [5.74, 6) is -0.133. The highest BCUT2D eigenvalue weighted by molar-refractivity contribution is 6.33. The minimum Gasteiger partial charge on any atom is -0.467 e. The van der Waals surface area contributed by atoms with E-state index in [9.17, 15) is 14.3 Å². The summed E-state index contributed by atoms with van der Waals surface area (Å²) in [6.07, 6.45) is 0.843. The van der Waals surface area contributed by atoms with Gasteiger partial charge in [-0.05, 0) is 30.3 Å². The third kappa shape index (κ3) is 3.77. The maximum absolute atomic E-state index is 13.1. The average Bonchev–Trinajstić information content (AvgIpc) is 3.09. The van der Waals surface area contributed by atoms with Crippen LogP contribution in [0.4, 0.5) is 4.39 Å². The van der Waals surface area contributed by atoms with Gasteiger partial charge in [0.05, 0.1) is 16.8 Å². The van der Waals surface area contributed by atoms with Crippen LogP contribution in [0.15, 0.2) is 41.0 Å². The molecule has 0 saturated carbocycles. The Bertz CT molecular complexity index is 700. The third-order valence-corrected chi connectivity index (χ3v) is 4.44. The van der Waals surface area contributed by atoms with Gasteiger partial charge in [0.1, 0.15) is 17.7 Å². The largest absolute Gasteiger partial charge is 0.467 e. The minimum absolute atomic E-state index is 0.121. The number of aliphatic hydroxyl groups excluding tert-OH is 1. The quantitative estimate of drug-likeness (QED) is 0.918. The Morgan fingerprint density at radius 2 is 2.04 bits per heavy atom. The van der Waals surface area contributed by atoms with Crippen LogP contribution in [0.2, 0.25) is 5.02 Å². The van der Waals surface area contributed by atoms with Crippen LogP contribution >= 0.6 is 11.6 Å². The summed E-state index contributed by atoms with van der Waals surface area (Å²) in [5, 5.41) is 10.2. The summed E-state index contributed by atoms with van der Waals surface area (Å²) in [4.78, 5) is 16.2. The van der Waals surface area contributed by atoms with Crippen molar-refractivity contribution in [3.8, 4) is 0 Å². The van der Waals surface area contributed by atoms with E-state index in [1.807, 2.05) is 0 Å². The number of halogens is 2. The topological polar surface area (TPSA) is 56.9 Å². The summed E-state index contributed by atoms with van der Waals surface area (Å²) < 4.78 is 18.3. The van der Waals surface area contributed by atoms with E-state index in [2.05, 4.69) is 4.90 Å². The molecule has 1 N–H and O–H groups in total. The molecular formula is C17H18ClFN2O3. The number of rotatable bonds is 4. The molecule has 0 spiro atoms. The molecule has 0 aliphatic carbocycles. The van der Waals surface area contributed by atoms with E-state index >= 15 is 0 Å². The van der Waals surface area contributed by atoms with Gasteiger partial charge in [-0.25, -0.2) is 4.39 Å². The first-order chi connectivity index (χ1) is 11.5. The maximum atomic E-state index is 13.1. The number of nitrogens with zero attached hydrogens (tertiary/aromatic N) is 2. The van der Waals surface area contributed by atoms with Gasteiger partial charge in [-0.3, -0.25) is 9.69 Å². The zero-order valence-corrected chi connectivity index (χ0v) is 13.7. The number of benzene rings is 1. The Labute approximate surface area is 144 Å². The predicted octanol–water partition coefficient (Wildman–Crippen LogP) is 2.56. The molecule has 128 valence electrons. The molecule has 3 rings (SSSR count). The highest BCUT2D eigenvalue weighted by atomic mass is 35.5. The molecule has 0 bridgehead atoms. The second-order valence-electron chi connectivity index (χ2n) is 5.75. The first kappa shape index (κ1) is 17.0. The number of carbonyl (C=O) groups excluding carboxylic acids is 1. The summed E-state index contributed by atoms with van der Waals surface area (Å²) in [6.45, 7) is 2.78. The highest BCUT2D eigenvalue weighted by Crippen LogP contribution is 2.21. The molecule has 0 unspecified atom stereocenters. The van der Waals surface area contributed by atoms with Gasteiger partial charge in [-0.15, -0.1) is 0 Å². The van der Waals surface area contributed by atoms with Gasteiger partial charge in [0, 0.05) is 32.7 Å². The van der Waals surface area contributed by atoms with E-state index in [0.717, 1.165) is 6.07 Å². The zero-order chi connectivity index (χ0) is 17.1. The summed E-state index contributed by atoms with van der Waals surface area (Å²) >= 11 is 5.96. The molecule has 1 aliphatic rings. The number of furan rings is 1. The zero-order valence-electron chi connectivity index (χ0n) is 13.0. The molecule has 5 nitrogen and oxygen atoms in total. The van der Waals surface area contributed by atoms with Gasteiger partial charge in [-0.1, -0.05) is 11.6 Å². The molecule has 1 aromatic heterocycles. The number of hydrogen-bond donors (Lipinski definition) is 1. The van der Waals surface area contributed by atoms with Crippen LogP contribution in [-0.2, 0) is 0 Å². The molecule has 1 amide bonds. The monoisotopic (exact) mass is 352 g/mol. The lowest BCUT2D eigenvalue weighted by Gasteiger charge is -2.35. The van der Waals surface area contributed by atoms with Crippen molar-refractivity contribution in [2.24, 2.45) is 0 Å². The lowest BCUT2D eigenvalue weighted by Crippen LogP contribution is -2.49. The second kappa shape index (κ2) is 7.34. The van der Waals surface area contributed by atoms with Crippen molar-refractivity contribution >= 4 is 17.5 Å². The number of aliphatic hydroxyl groups is 1. The fraction of sp³-hybridized carbons (Fsp3) is 0.353. The number of carbonyl (C=O) groups is 1. The van der Waals surface area contributed by atoms with Crippen LogP contribution in [-0.4, -0.2) is 53.5 Å². The van der Waals surface area contributed by atoms with Crippen LogP contribution in [0, 0.1) is 5.82 Å². The first-order valence-electron chi connectivity index (χ1n) is 7.73. The minimum atomic E-state index is -0.686. The fourth-order valence-corrected chi connectivity index (χ4v) is 3.03. The third-order valence-electron chi connectivity index (χ3n) is 4.12. The van der Waals surface area contributed by atoms with Crippen LogP contribution in [0.25, 0.3) is 0 Å². The second-order valence-corrected chi connectivity index (χ2v) is 6.16. The SMILES string of the molecule is O=C(c1ccc(F)cc1Cl)N1CCN(C[C@@H](O)c2ccco2)CC1. The van der Waals surface area contributed by atoms with E-state index in [0.29, 0.717) is 44.0 Å². The van der Waals surface area contributed by atoms with Crippen LogP contribution < -0.4 is 0 Å². The Balaban J connectivity index is 1.55. The molecule has 1 saturated heterocycles. The van der Waals surface area contributed by atoms with E-state index < -0.39 is 11.9 Å². The van der Waals surface area contributed by atoms with Crippen molar-refractivity contribution in [1.82, 2.24) is 9.80 Å². The van der Waals surface area contributed by atoms with Crippen molar-refractivity contribution in [3.05, 3.63) is 58.8 Å². The molecule has 7 heteroatoms. The van der Waals surface area contributed by atoms with Crippen molar-refractivity contribution in [1.29, 1.82) is 0 Å². The lowest BCUT2D eigenvalue weighted by molar-refractivity contribution is 0.0486. The molecule has 1 aliphatic heterocycles. The first-order valence-corrected chi connectivity index (χ1v) is 8.10. The molecule has 24 heavy (non-hydrogen) atoms.